The van der Waals surface area contributed by atoms with Crippen LogP contribution in [0.3, 0.4) is 0 Å². The first-order valence-electron chi connectivity index (χ1n) is 7.00. The second-order valence-corrected chi connectivity index (χ2v) is 5.06. The number of carbonyl (C=O) groups excluding carboxylic acids is 1. The highest BCUT2D eigenvalue weighted by atomic mass is 19.1. The molecule has 0 radical (unpaired) electrons. The zero-order valence-electron chi connectivity index (χ0n) is 11.6. The van der Waals surface area contributed by atoms with Gasteiger partial charge in [0.05, 0.1) is 5.56 Å². The van der Waals surface area contributed by atoms with Crippen LogP contribution in [0.25, 0.3) is 0 Å². The van der Waals surface area contributed by atoms with Gasteiger partial charge in [-0.05, 0) is 49.2 Å². The molecule has 1 aromatic carbocycles. The van der Waals surface area contributed by atoms with Gasteiger partial charge >= 0.3 is 0 Å². The summed E-state index contributed by atoms with van der Waals surface area (Å²) in [4.78, 5) is 18.3. The summed E-state index contributed by atoms with van der Waals surface area (Å²) in [5, 5.41) is 3.06. The predicted molar refractivity (Wildman–Crippen MR) is 79.1 cm³/mol. The quantitative estimate of drug-likeness (QED) is 0.942. The second kappa shape index (κ2) is 5.91. The van der Waals surface area contributed by atoms with E-state index in [1.165, 1.54) is 12.1 Å². The van der Waals surface area contributed by atoms with E-state index in [4.69, 9.17) is 0 Å². The molecule has 1 amide bonds. The monoisotopic (exact) mass is 285 g/mol. The Kier molecular flexibility index (Phi) is 3.81. The third kappa shape index (κ3) is 3.18. The smallest absolute Gasteiger partial charge is 0.255 e. The minimum absolute atomic E-state index is 0.0355. The molecule has 2 aromatic rings. The minimum Gasteiger partial charge on any atom is -0.340 e. The molecule has 2 heterocycles. The van der Waals surface area contributed by atoms with Crippen LogP contribution in [0.5, 0.6) is 0 Å². The highest BCUT2D eigenvalue weighted by molar-refractivity contribution is 5.94. The maximum Gasteiger partial charge on any atom is 0.255 e. The van der Waals surface area contributed by atoms with E-state index in [-0.39, 0.29) is 11.7 Å². The third-order valence-corrected chi connectivity index (χ3v) is 3.52. The van der Waals surface area contributed by atoms with Crippen molar-refractivity contribution in [2.75, 3.05) is 18.4 Å². The number of carbonyl (C=O) groups is 1. The van der Waals surface area contributed by atoms with E-state index in [0.29, 0.717) is 11.4 Å². The van der Waals surface area contributed by atoms with Gasteiger partial charge in [0.25, 0.3) is 5.91 Å². The first-order valence-corrected chi connectivity index (χ1v) is 7.00. The molecule has 1 fully saturated rings. The Morgan fingerprint density at radius 2 is 1.81 bits per heavy atom. The second-order valence-electron chi connectivity index (χ2n) is 5.06. The highest BCUT2D eigenvalue weighted by Crippen LogP contribution is 2.17. The number of benzene rings is 1. The number of hydrogen-bond donors (Lipinski definition) is 1. The number of aromatic nitrogens is 1. The van der Waals surface area contributed by atoms with Gasteiger partial charge in [0.2, 0.25) is 0 Å². The van der Waals surface area contributed by atoms with Crippen molar-refractivity contribution >= 4 is 17.4 Å². The van der Waals surface area contributed by atoms with E-state index >= 15 is 0 Å². The van der Waals surface area contributed by atoms with Gasteiger partial charge in [-0.25, -0.2) is 9.37 Å². The van der Waals surface area contributed by atoms with E-state index in [1.807, 2.05) is 4.90 Å². The molecular weight excluding hydrogens is 269 g/mol. The van der Waals surface area contributed by atoms with E-state index < -0.39 is 0 Å². The minimum atomic E-state index is -0.278. The summed E-state index contributed by atoms with van der Waals surface area (Å²) in [6, 6.07) is 9.56. The summed E-state index contributed by atoms with van der Waals surface area (Å²) in [6.45, 7) is 1.66. The van der Waals surface area contributed by atoms with Crippen molar-refractivity contribution in [3.05, 3.63) is 54.0 Å². The maximum absolute atomic E-state index is 12.8. The number of pyridine rings is 1. The Bertz CT molecular complexity index is 619. The lowest BCUT2D eigenvalue weighted by Crippen LogP contribution is -2.27. The Hall–Kier alpha value is -2.43. The fraction of sp³-hybridized carbons (Fsp3) is 0.250. The maximum atomic E-state index is 12.8. The van der Waals surface area contributed by atoms with Crippen LogP contribution in [-0.2, 0) is 0 Å². The molecule has 1 aromatic heterocycles. The van der Waals surface area contributed by atoms with Crippen molar-refractivity contribution in [2.24, 2.45) is 0 Å². The number of hydrogen-bond acceptors (Lipinski definition) is 3. The molecule has 0 unspecified atom stereocenters. The van der Waals surface area contributed by atoms with Crippen molar-refractivity contribution in [1.82, 2.24) is 9.88 Å². The average molecular weight is 285 g/mol. The SMILES string of the molecule is O=C(c1ccc(Nc2ccc(F)cc2)nc1)N1CCCC1. The zero-order chi connectivity index (χ0) is 14.7. The number of nitrogens with zero attached hydrogens (tertiary/aromatic N) is 2. The van der Waals surface area contributed by atoms with Crippen LogP contribution < -0.4 is 5.32 Å². The van der Waals surface area contributed by atoms with E-state index in [0.717, 1.165) is 31.6 Å². The molecule has 4 nitrogen and oxygen atoms in total. The molecule has 1 N–H and O–H groups in total. The van der Waals surface area contributed by atoms with Crippen molar-refractivity contribution in [3.8, 4) is 0 Å². The molecule has 1 aliphatic rings. The molecule has 21 heavy (non-hydrogen) atoms. The number of likely N-dealkylation sites (tertiary alicyclic amines) is 1. The molecule has 0 atom stereocenters. The largest absolute Gasteiger partial charge is 0.340 e. The molecule has 0 aliphatic carbocycles. The molecule has 5 heteroatoms. The van der Waals surface area contributed by atoms with Crippen LogP contribution in [0.2, 0.25) is 0 Å². The Balaban J connectivity index is 1.68. The average Bonchev–Trinajstić information content (AvgIpc) is 3.04. The number of nitrogens with one attached hydrogen (secondary N) is 1. The first-order chi connectivity index (χ1) is 10.2. The van der Waals surface area contributed by atoms with Gasteiger partial charge in [0.15, 0.2) is 0 Å². The van der Waals surface area contributed by atoms with Gasteiger partial charge in [-0.15, -0.1) is 0 Å². The summed E-state index contributed by atoms with van der Waals surface area (Å²) in [5.41, 5.74) is 1.35. The highest BCUT2D eigenvalue weighted by Gasteiger charge is 2.19. The van der Waals surface area contributed by atoms with Gasteiger partial charge < -0.3 is 10.2 Å². The Morgan fingerprint density at radius 3 is 2.43 bits per heavy atom. The number of amides is 1. The van der Waals surface area contributed by atoms with Crippen molar-refractivity contribution in [1.29, 1.82) is 0 Å². The number of anilines is 2. The van der Waals surface area contributed by atoms with Gasteiger partial charge in [0.1, 0.15) is 11.6 Å². The van der Waals surface area contributed by atoms with Gasteiger partial charge in [0, 0.05) is 25.0 Å². The van der Waals surface area contributed by atoms with E-state index in [9.17, 15) is 9.18 Å². The zero-order valence-corrected chi connectivity index (χ0v) is 11.6. The molecule has 0 spiro atoms. The van der Waals surface area contributed by atoms with E-state index in [2.05, 4.69) is 10.3 Å². The summed E-state index contributed by atoms with van der Waals surface area (Å²) in [5.74, 6) is 0.382. The van der Waals surface area contributed by atoms with Crippen molar-refractivity contribution in [2.45, 2.75) is 12.8 Å². The van der Waals surface area contributed by atoms with Crippen LogP contribution >= 0.6 is 0 Å². The first kappa shape index (κ1) is 13.5. The van der Waals surface area contributed by atoms with Crippen LogP contribution in [-0.4, -0.2) is 28.9 Å². The number of rotatable bonds is 3. The Morgan fingerprint density at radius 1 is 1.10 bits per heavy atom. The van der Waals surface area contributed by atoms with Crippen molar-refractivity contribution < 1.29 is 9.18 Å². The summed E-state index contributed by atoms with van der Waals surface area (Å²) >= 11 is 0. The molecular formula is C16H16FN3O. The fourth-order valence-corrected chi connectivity index (χ4v) is 2.38. The Labute approximate surface area is 122 Å². The lowest BCUT2D eigenvalue weighted by atomic mass is 10.2. The third-order valence-electron chi connectivity index (χ3n) is 3.52. The normalized spacial score (nSPS) is 14.2. The summed E-state index contributed by atoms with van der Waals surface area (Å²) < 4.78 is 12.8. The summed E-state index contributed by atoms with van der Waals surface area (Å²) in [7, 11) is 0. The number of halogens is 1. The molecule has 0 saturated carbocycles. The topological polar surface area (TPSA) is 45.2 Å². The molecule has 3 rings (SSSR count). The molecule has 1 aliphatic heterocycles. The van der Waals surface area contributed by atoms with Gasteiger partial charge in [-0.1, -0.05) is 0 Å². The van der Waals surface area contributed by atoms with Crippen LogP contribution in [0, 0.1) is 5.82 Å². The molecule has 0 bridgehead atoms. The fourth-order valence-electron chi connectivity index (χ4n) is 2.38. The summed E-state index contributed by atoms with van der Waals surface area (Å²) in [6.07, 6.45) is 3.72. The van der Waals surface area contributed by atoms with Crippen LogP contribution in [0.1, 0.15) is 23.2 Å². The standard InChI is InChI=1S/C16H16FN3O/c17-13-4-6-14(7-5-13)19-15-8-3-12(11-18-15)16(21)20-9-1-2-10-20/h3-8,11H,1-2,9-10H2,(H,18,19). The van der Waals surface area contributed by atoms with Gasteiger partial charge in [-0.2, -0.15) is 0 Å². The van der Waals surface area contributed by atoms with E-state index in [1.54, 1.807) is 30.5 Å². The van der Waals surface area contributed by atoms with Crippen LogP contribution in [0.4, 0.5) is 15.9 Å². The lowest BCUT2D eigenvalue weighted by molar-refractivity contribution is 0.0792. The van der Waals surface area contributed by atoms with Crippen LogP contribution in [0.15, 0.2) is 42.6 Å². The van der Waals surface area contributed by atoms with Crippen molar-refractivity contribution in [3.63, 3.8) is 0 Å². The molecule has 1 saturated heterocycles. The lowest BCUT2D eigenvalue weighted by Gasteiger charge is -2.15. The predicted octanol–water partition coefficient (Wildman–Crippen LogP) is 3.20. The van der Waals surface area contributed by atoms with Gasteiger partial charge in [-0.3, -0.25) is 4.79 Å². The molecule has 108 valence electrons.